The van der Waals surface area contributed by atoms with Crippen LogP contribution in [0.1, 0.15) is 25.7 Å². The first kappa shape index (κ1) is 14.1. The molecule has 1 fully saturated rings. The van der Waals surface area contributed by atoms with Gasteiger partial charge in [0.15, 0.2) is 11.6 Å². The Hall–Kier alpha value is -1.82. The fraction of sp³-hybridized carbons (Fsp3) is 0.533. The van der Waals surface area contributed by atoms with Gasteiger partial charge in [0.1, 0.15) is 0 Å². The lowest BCUT2D eigenvalue weighted by atomic mass is 10.1. The second-order valence-corrected chi connectivity index (χ2v) is 5.37. The average molecular weight is 293 g/mol. The topological polar surface area (TPSA) is 62.3 Å². The number of aromatic nitrogens is 2. The maximum Gasteiger partial charge on any atom is 0.201 e. The molecule has 0 bridgehead atoms. The van der Waals surface area contributed by atoms with Gasteiger partial charge in [0.2, 0.25) is 5.95 Å². The molecule has 1 unspecified atom stereocenters. The number of nitrogens with zero attached hydrogens (tertiary/aromatic N) is 2. The summed E-state index contributed by atoms with van der Waals surface area (Å²) in [6.45, 7) is 1.55. The van der Waals surface area contributed by atoms with Gasteiger partial charge in [0, 0.05) is 25.3 Å². The summed E-state index contributed by atoms with van der Waals surface area (Å²) in [5.74, 6) is 0.177. The lowest BCUT2D eigenvalue weighted by Gasteiger charge is -2.22. The smallest absolute Gasteiger partial charge is 0.201 e. The molecule has 1 aromatic heterocycles. The zero-order valence-corrected chi connectivity index (χ0v) is 12.1. The van der Waals surface area contributed by atoms with Gasteiger partial charge in [-0.25, -0.2) is 9.37 Å². The number of imidazole rings is 1. The monoisotopic (exact) mass is 293 g/mol. The number of ether oxygens (including phenoxy) is 2. The molecule has 1 aromatic carbocycles. The summed E-state index contributed by atoms with van der Waals surface area (Å²) in [6, 6.07) is 3.01. The van der Waals surface area contributed by atoms with Crippen LogP contribution in [-0.4, -0.2) is 29.4 Å². The number of aryl methyl sites for hydroxylation is 1. The number of benzene rings is 1. The van der Waals surface area contributed by atoms with E-state index in [1.165, 1.54) is 19.6 Å². The molecule has 21 heavy (non-hydrogen) atoms. The Labute approximate surface area is 122 Å². The number of nitrogen functional groups attached to an aromatic ring is 1. The van der Waals surface area contributed by atoms with Gasteiger partial charge in [0.25, 0.3) is 0 Å². The summed E-state index contributed by atoms with van der Waals surface area (Å²) in [7, 11) is 1.45. The largest absolute Gasteiger partial charge is 0.494 e. The second kappa shape index (κ2) is 5.89. The molecular weight excluding hydrogens is 273 g/mol. The Morgan fingerprint density at radius 1 is 1.48 bits per heavy atom. The van der Waals surface area contributed by atoms with Crippen LogP contribution in [0, 0.1) is 5.82 Å². The number of halogens is 1. The summed E-state index contributed by atoms with van der Waals surface area (Å²) in [6.07, 6.45) is 4.60. The Morgan fingerprint density at radius 3 is 3.05 bits per heavy atom. The molecule has 1 atom stereocenters. The van der Waals surface area contributed by atoms with Crippen LogP contribution in [-0.2, 0) is 11.3 Å². The first-order valence-corrected chi connectivity index (χ1v) is 7.30. The maximum atomic E-state index is 13.7. The Morgan fingerprint density at radius 2 is 2.33 bits per heavy atom. The van der Waals surface area contributed by atoms with Crippen molar-refractivity contribution in [3.8, 4) is 5.75 Å². The minimum absolute atomic E-state index is 0.206. The minimum atomic E-state index is -0.426. The van der Waals surface area contributed by atoms with Gasteiger partial charge in [-0.2, -0.15) is 0 Å². The van der Waals surface area contributed by atoms with E-state index >= 15 is 0 Å². The third-order valence-corrected chi connectivity index (χ3v) is 4.00. The zero-order chi connectivity index (χ0) is 14.8. The Kier molecular flexibility index (Phi) is 3.96. The highest BCUT2D eigenvalue weighted by Gasteiger charge is 2.17. The molecule has 114 valence electrons. The molecule has 0 spiro atoms. The highest BCUT2D eigenvalue weighted by molar-refractivity contribution is 5.80. The van der Waals surface area contributed by atoms with Gasteiger partial charge in [-0.05, 0) is 25.7 Å². The highest BCUT2D eigenvalue weighted by Crippen LogP contribution is 2.27. The lowest BCUT2D eigenvalue weighted by Crippen LogP contribution is -2.21. The molecule has 2 N–H and O–H groups in total. The zero-order valence-electron chi connectivity index (χ0n) is 12.1. The van der Waals surface area contributed by atoms with Gasteiger partial charge in [-0.3, -0.25) is 0 Å². The number of anilines is 1. The van der Waals surface area contributed by atoms with E-state index in [1.807, 2.05) is 4.57 Å². The number of rotatable bonds is 4. The second-order valence-electron chi connectivity index (χ2n) is 5.37. The third kappa shape index (κ3) is 2.81. The van der Waals surface area contributed by atoms with E-state index in [0.29, 0.717) is 18.0 Å². The van der Waals surface area contributed by atoms with Crippen LogP contribution in [0.2, 0.25) is 0 Å². The van der Waals surface area contributed by atoms with E-state index in [0.717, 1.165) is 31.4 Å². The fourth-order valence-corrected chi connectivity index (χ4v) is 2.84. The van der Waals surface area contributed by atoms with Gasteiger partial charge >= 0.3 is 0 Å². The molecule has 1 saturated heterocycles. The molecule has 0 aliphatic carbocycles. The first-order valence-electron chi connectivity index (χ1n) is 7.30. The van der Waals surface area contributed by atoms with Crippen molar-refractivity contribution in [3.05, 3.63) is 17.9 Å². The average Bonchev–Trinajstić information content (AvgIpc) is 2.79. The van der Waals surface area contributed by atoms with Crippen molar-refractivity contribution in [1.29, 1.82) is 0 Å². The molecular formula is C15H20FN3O2. The summed E-state index contributed by atoms with van der Waals surface area (Å²) in [4.78, 5) is 4.22. The summed E-state index contributed by atoms with van der Waals surface area (Å²) >= 11 is 0. The van der Waals surface area contributed by atoms with Crippen LogP contribution in [0.5, 0.6) is 5.75 Å². The quantitative estimate of drug-likeness (QED) is 0.941. The van der Waals surface area contributed by atoms with Crippen LogP contribution in [0.15, 0.2) is 12.1 Å². The van der Waals surface area contributed by atoms with E-state index in [2.05, 4.69) is 4.98 Å². The van der Waals surface area contributed by atoms with E-state index < -0.39 is 5.82 Å². The molecule has 5 nitrogen and oxygen atoms in total. The van der Waals surface area contributed by atoms with Gasteiger partial charge in [-0.15, -0.1) is 0 Å². The molecule has 0 saturated carbocycles. The molecule has 0 amide bonds. The minimum Gasteiger partial charge on any atom is -0.494 e. The standard InChI is InChI=1S/C15H20FN3O2/c1-20-14-9-13-12(8-11(14)16)18-15(17)19(13)6-5-10-4-2-3-7-21-10/h8-10H,2-7H2,1H3,(H2,17,18). The first-order chi connectivity index (χ1) is 10.2. The lowest BCUT2D eigenvalue weighted by molar-refractivity contribution is 0.00906. The van der Waals surface area contributed by atoms with Crippen molar-refractivity contribution in [2.24, 2.45) is 0 Å². The molecule has 0 radical (unpaired) electrons. The Balaban J connectivity index is 1.84. The normalized spacial score (nSPS) is 19.0. The molecule has 3 rings (SSSR count). The predicted octanol–water partition coefficient (Wildman–Crippen LogP) is 2.73. The summed E-state index contributed by atoms with van der Waals surface area (Å²) < 4.78 is 26.4. The van der Waals surface area contributed by atoms with Crippen molar-refractivity contribution < 1.29 is 13.9 Å². The number of hydrogen-bond acceptors (Lipinski definition) is 4. The molecule has 2 heterocycles. The molecule has 1 aliphatic heterocycles. The van der Waals surface area contributed by atoms with Crippen LogP contribution in [0.25, 0.3) is 11.0 Å². The fourth-order valence-electron chi connectivity index (χ4n) is 2.84. The highest BCUT2D eigenvalue weighted by atomic mass is 19.1. The van der Waals surface area contributed by atoms with Crippen molar-refractivity contribution in [2.45, 2.75) is 38.3 Å². The third-order valence-electron chi connectivity index (χ3n) is 4.00. The van der Waals surface area contributed by atoms with Crippen LogP contribution in [0.3, 0.4) is 0 Å². The van der Waals surface area contributed by atoms with Crippen LogP contribution >= 0.6 is 0 Å². The predicted molar refractivity (Wildman–Crippen MR) is 78.9 cm³/mol. The van der Waals surface area contributed by atoms with E-state index in [9.17, 15) is 4.39 Å². The summed E-state index contributed by atoms with van der Waals surface area (Å²) in [5, 5.41) is 0. The number of fused-ring (bicyclic) bond motifs is 1. The molecule has 2 aromatic rings. The van der Waals surface area contributed by atoms with E-state index in [4.69, 9.17) is 15.2 Å². The molecule has 6 heteroatoms. The molecule has 1 aliphatic rings. The van der Waals surface area contributed by atoms with Crippen molar-refractivity contribution in [1.82, 2.24) is 9.55 Å². The van der Waals surface area contributed by atoms with E-state index in [1.54, 1.807) is 6.07 Å². The SMILES string of the molecule is COc1cc2c(cc1F)nc(N)n2CCC1CCCCO1. The van der Waals surface area contributed by atoms with Gasteiger partial charge < -0.3 is 19.8 Å². The van der Waals surface area contributed by atoms with Crippen molar-refractivity contribution in [3.63, 3.8) is 0 Å². The number of hydrogen-bond donors (Lipinski definition) is 1. The van der Waals surface area contributed by atoms with Crippen LogP contribution in [0.4, 0.5) is 10.3 Å². The number of nitrogens with two attached hydrogens (primary N) is 1. The van der Waals surface area contributed by atoms with Crippen LogP contribution < -0.4 is 10.5 Å². The Bertz CT molecular complexity index is 635. The number of methoxy groups -OCH3 is 1. The van der Waals surface area contributed by atoms with E-state index in [-0.39, 0.29) is 11.9 Å². The van der Waals surface area contributed by atoms with Crippen molar-refractivity contribution in [2.75, 3.05) is 19.5 Å². The van der Waals surface area contributed by atoms with Gasteiger partial charge in [-0.1, -0.05) is 0 Å². The van der Waals surface area contributed by atoms with Crippen molar-refractivity contribution >= 4 is 17.0 Å². The van der Waals surface area contributed by atoms with Gasteiger partial charge in [0.05, 0.1) is 24.2 Å². The maximum absolute atomic E-state index is 13.7. The summed E-state index contributed by atoms with van der Waals surface area (Å²) in [5.41, 5.74) is 7.30.